The zero-order valence-corrected chi connectivity index (χ0v) is 20.2. The van der Waals surface area contributed by atoms with Crippen molar-refractivity contribution in [2.75, 3.05) is 0 Å². The van der Waals surface area contributed by atoms with E-state index in [2.05, 4.69) is 34.6 Å². The second-order valence-electron chi connectivity index (χ2n) is 12.5. The molecule has 0 bridgehead atoms. The summed E-state index contributed by atoms with van der Waals surface area (Å²) >= 11 is 0. The Morgan fingerprint density at radius 3 is 2.42 bits per heavy atom. The summed E-state index contributed by atoms with van der Waals surface area (Å²) in [4.78, 5) is 13.2. The number of aliphatic hydroxyl groups is 3. The topological polar surface area (TPSA) is 77.8 Å². The van der Waals surface area contributed by atoms with Gasteiger partial charge in [-0.15, -0.1) is 0 Å². The summed E-state index contributed by atoms with van der Waals surface area (Å²) in [5, 5.41) is 32.9. The van der Waals surface area contributed by atoms with Crippen LogP contribution < -0.4 is 0 Å². The highest BCUT2D eigenvalue weighted by molar-refractivity contribution is 5.95. The average Bonchev–Trinajstić information content (AvgIpc) is 2.96. The standard InChI is InChI=1S/C27H44O4/c1-16(2)7-6-8-17(3)18-10-12-27(31)20-13-22(28)21-14-23(29)24(30)15-25(21,4)19(20)9-11-26(18,27)5/h13,16-19,21,23-24,29-31H,6-12,14-15H2,1-5H3. The SMILES string of the molecule is CC(C)CCCC(C)C1CCC2(O)C3=CC(=O)C4CC(O)C(O)CC4(C)C3CCC12C. The summed E-state index contributed by atoms with van der Waals surface area (Å²) < 4.78 is 0. The van der Waals surface area contributed by atoms with Crippen molar-refractivity contribution in [2.45, 2.75) is 110 Å². The molecule has 3 fully saturated rings. The lowest BCUT2D eigenvalue weighted by molar-refractivity contribution is -0.153. The summed E-state index contributed by atoms with van der Waals surface area (Å²) in [6.45, 7) is 11.3. The monoisotopic (exact) mass is 432 g/mol. The van der Waals surface area contributed by atoms with Gasteiger partial charge in [-0.05, 0) is 79.3 Å². The number of carbonyl (C=O) groups excluding carboxylic acids is 1. The molecule has 9 unspecified atom stereocenters. The molecule has 0 aromatic carbocycles. The third-order valence-corrected chi connectivity index (χ3v) is 10.3. The molecule has 31 heavy (non-hydrogen) atoms. The van der Waals surface area contributed by atoms with Crippen molar-refractivity contribution in [3.63, 3.8) is 0 Å². The number of hydrogen-bond donors (Lipinski definition) is 3. The second kappa shape index (κ2) is 7.95. The van der Waals surface area contributed by atoms with Gasteiger partial charge in [-0.1, -0.05) is 53.9 Å². The fourth-order valence-electron chi connectivity index (χ4n) is 8.37. The fraction of sp³-hybridized carbons (Fsp3) is 0.889. The molecule has 9 atom stereocenters. The van der Waals surface area contributed by atoms with E-state index in [9.17, 15) is 20.1 Å². The van der Waals surface area contributed by atoms with Gasteiger partial charge in [-0.25, -0.2) is 0 Å². The summed E-state index contributed by atoms with van der Waals surface area (Å²) in [7, 11) is 0. The molecule has 0 heterocycles. The number of allylic oxidation sites excluding steroid dienone is 1. The van der Waals surface area contributed by atoms with Crippen LogP contribution in [0.15, 0.2) is 11.6 Å². The Morgan fingerprint density at radius 2 is 1.74 bits per heavy atom. The van der Waals surface area contributed by atoms with E-state index in [4.69, 9.17) is 0 Å². The third kappa shape index (κ3) is 3.47. The Labute approximate surface area is 188 Å². The van der Waals surface area contributed by atoms with Crippen molar-refractivity contribution in [3.8, 4) is 0 Å². The van der Waals surface area contributed by atoms with E-state index in [1.54, 1.807) is 6.08 Å². The van der Waals surface area contributed by atoms with E-state index in [1.165, 1.54) is 19.3 Å². The molecule has 0 aromatic rings. The predicted octanol–water partition coefficient (Wildman–Crippen LogP) is 4.65. The van der Waals surface area contributed by atoms with Crippen molar-refractivity contribution in [1.29, 1.82) is 0 Å². The molecule has 4 rings (SSSR count). The molecule has 4 heteroatoms. The quantitative estimate of drug-likeness (QED) is 0.591. The zero-order chi connectivity index (χ0) is 22.8. The molecule has 0 spiro atoms. The van der Waals surface area contributed by atoms with Crippen LogP contribution in [0.25, 0.3) is 0 Å². The first-order valence-electron chi connectivity index (χ1n) is 12.8. The van der Waals surface area contributed by atoms with E-state index < -0.39 is 17.8 Å². The second-order valence-corrected chi connectivity index (χ2v) is 12.5. The van der Waals surface area contributed by atoms with Crippen molar-refractivity contribution in [3.05, 3.63) is 11.6 Å². The Hall–Kier alpha value is -0.710. The van der Waals surface area contributed by atoms with E-state index in [-0.39, 0.29) is 28.4 Å². The lowest BCUT2D eigenvalue weighted by Gasteiger charge is -2.60. The molecule has 0 saturated heterocycles. The first kappa shape index (κ1) is 23.4. The summed E-state index contributed by atoms with van der Waals surface area (Å²) in [5.74, 6) is 1.70. The van der Waals surface area contributed by atoms with Gasteiger partial charge in [0.05, 0.1) is 17.8 Å². The largest absolute Gasteiger partial charge is 0.390 e. The lowest BCUT2D eigenvalue weighted by atomic mass is 9.46. The van der Waals surface area contributed by atoms with Crippen molar-refractivity contribution < 1.29 is 20.1 Å². The van der Waals surface area contributed by atoms with Crippen LogP contribution in [0.2, 0.25) is 0 Å². The summed E-state index contributed by atoms with van der Waals surface area (Å²) in [6.07, 6.45) is 8.34. The van der Waals surface area contributed by atoms with Gasteiger partial charge in [0.25, 0.3) is 0 Å². The normalized spacial score (nSPS) is 48.1. The van der Waals surface area contributed by atoms with Crippen LogP contribution in [0.3, 0.4) is 0 Å². The van der Waals surface area contributed by atoms with Crippen molar-refractivity contribution in [1.82, 2.24) is 0 Å². The minimum atomic E-state index is -0.919. The molecule has 0 amide bonds. The molecule has 0 radical (unpaired) electrons. The van der Waals surface area contributed by atoms with Crippen LogP contribution in [0, 0.1) is 40.4 Å². The summed E-state index contributed by atoms with van der Waals surface area (Å²) in [6, 6.07) is 0. The van der Waals surface area contributed by atoms with Crippen molar-refractivity contribution >= 4 is 5.78 Å². The van der Waals surface area contributed by atoms with Gasteiger partial charge in [0, 0.05) is 11.3 Å². The molecule has 0 aliphatic heterocycles. The molecule has 3 N–H and O–H groups in total. The minimum absolute atomic E-state index is 0.0470. The van der Waals surface area contributed by atoms with Gasteiger partial charge in [-0.3, -0.25) is 4.79 Å². The average molecular weight is 433 g/mol. The molecule has 176 valence electrons. The number of aliphatic hydroxyl groups excluding tert-OH is 2. The van der Waals surface area contributed by atoms with Gasteiger partial charge >= 0.3 is 0 Å². The Kier molecular flexibility index (Phi) is 6.02. The highest BCUT2D eigenvalue weighted by Crippen LogP contribution is 2.68. The fourth-order valence-corrected chi connectivity index (χ4v) is 8.37. The van der Waals surface area contributed by atoms with Crippen LogP contribution >= 0.6 is 0 Å². The van der Waals surface area contributed by atoms with Gasteiger partial charge < -0.3 is 15.3 Å². The van der Waals surface area contributed by atoms with Gasteiger partial charge in [0.2, 0.25) is 0 Å². The molecule has 3 saturated carbocycles. The maximum Gasteiger partial charge on any atom is 0.159 e. The van der Waals surface area contributed by atoms with Gasteiger partial charge in [0.15, 0.2) is 5.78 Å². The first-order chi connectivity index (χ1) is 14.4. The lowest BCUT2D eigenvalue weighted by Crippen LogP contribution is -2.60. The molecule has 4 aliphatic carbocycles. The highest BCUT2D eigenvalue weighted by Gasteiger charge is 2.66. The number of hydrogen-bond acceptors (Lipinski definition) is 4. The van der Waals surface area contributed by atoms with E-state index in [1.807, 2.05) is 0 Å². The third-order valence-electron chi connectivity index (χ3n) is 10.3. The van der Waals surface area contributed by atoms with Crippen LogP contribution in [0.1, 0.15) is 92.4 Å². The molecule has 0 aromatic heterocycles. The molecular weight excluding hydrogens is 388 g/mol. The zero-order valence-electron chi connectivity index (χ0n) is 20.2. The van der Waals surface area contributed by atoms with Crippen LogP contribution in [-0.4, -0.2) is 38.9 Å². The van der Waals surface area contributed by atoms with E-state index >= 15 is 0 Å². The van der Waals surface area contributed by atoms with E-state index in [0.717, 1.165) is 37.2 Å². The molecular formula is C27H44O4. The Balaban J connectivity index is 1.62. The Bertz CT molecular complexity index is 744. The number of ketones is 1. The number of fused-ring (bicyclic) bond motifs is 5. The summed E-state index contributed by atoms with van der Waals surface area (Å²) in [5.41, 5.74) is -0.538. The highest BCUT2D eigenvalue weighted by atomic mass is 16.3. The maximum atomic E-state index is 13.2. The maximum absolute atomic E-state index is 13.2. The van der Waals surface area contributed by atoms with Gasteiger partial charge in [0.1, 0.15) is 0 Å². The molecule has 4 aliphatic rings. The van der Waals surface area contributed by atoms with Gasteiger partial charge in [-0.2, -0.15) is 0 Å². The van der Waals surface area contributed by atoms with Crippen LogP contribution in [0.5, 0.6) is 0 Å². The predicted molar refractivity (Wildman–Crippen MR) is 122 cm³/mol. The van der Waals surface area contributed by atoms with E-state index in [0.29, 0.717) is 24.7 Å². The van der Waals surface area contributed by atoms with Crippen LogP contribution in [0.4, 0.5) is 0 Å². The Morgan fingerprint density at radius 1 is 1.03 bits per heavy atom. The van der Waals surface area contributed by atoms with Crippen LogP contribution in [-0.2, 0) is 4.79 Å². The first-order valence-corrected chi connectivity index (χ1v) is 12.8. The number of carbonyl (C=O) groups is 1. The minimum Gasteiger partial charge on any atom is -0.390 e. The number of rotatable bonds is 5. The smallest absolute Gasteiger partial charge is 0.159 e. The van der Waals surface area contributed by atoms with Crippen molar-refractivity contribution in [2.24, 2.45) is 40.4 Å². The molecule has 4 nitrogen and oxygen atoms in total.